The molecule has 19 heavy (non-hydrogen) atoms. The van der Waals surface area contributed by atoms with E-state index in [1.165, 1.54) is 5.56 Å². The monoisotopic (exact) mass is 259 g/mol. The predicted molar refractivity (Wildman–Crippen MR) is 74.8 cm³/mol. The summed E-state index contributed by atoms with van der Waals surface area (Å²) in [5.41, 5.74) is 1.22. The van der Waals surface area contributed by atoms with Gasteiger partial charge in [0, 0.05) is 13.1 Å². The van der Waals surface area contributed by atoms with E-state index in [0.717, 1.165) is 38.9 Å². The molecule has 2 saturated heterocycles. The minimum atomic E-state index is 0.0103. The summed E-state index contributed by atoms with van der Waals surface area (Å²) in [7, 11) is 0. The molecule has 1 aromatic carbocycles. The number of carbonyl (C=O) groups is 1. The SMILES string of the molecule is O=C1NCC2(CCCNCC2)N1Cc1ccccc1. The summed E-state index contributed by atoms with van der Waals surface area (Å²) in [6, 6.07) is 10.3. The zero-order valence-electron chi connectivity index (χ0n) is 11.2. The molecular formula is C15H21N3O. The van der Waals surface area contributed by atoms with Crippen LogP contribution in [0.3, 0.4) is 0 Å². The Labute approximate surface area is 114 Å². The van der Waals surface area contributed by atoms with Crippen LogP contribution < -0.4 is 10.6 Å². The molecular weight excluding hydrogens is 238 g/mol. The van der Waals surface area contributed by atoms with Gasteiger partial charge >= 0.3 is 6.03 Å². The normalized spacial score (nSPS) is 27.4. The fourth-order valence-electron chi connectivity index (χ4n) is 3.21. The van der Waals surface area contributed by atoms with E-state index in [1.807, 2.05) is 18.2 Å². The van der Waals surface area contributed by atoms with Crippen LogP contribution in [0.5, 0.6) is 0 Å². The first-order valence-corrected chi connectivity index (χ1v) is 7.10. The third-order valence-corrected chi connectivity index (χ3v) is 4.33. The van der Waals surface area contributed by atoms with Crippen molar-refractivity contribution in [3.8, 4) is 0 Å². The van der Waals surface area contributed by atoms with Crippen LogP contribution in [0.25, 0.3) is 0 Å². The molecule has 0 radical (unpaired) electrons. The van der Waals surface area contributed by atoms with Crippen LogP contribution in [-0.2, 0) is 6.54 Å². The first-order valence-electron chi connectivity index (χ1n) is 7.10. The lowest BCUT2D eigenvalue weighted by atomic mass is 9.89. The molecule has 0 saturated carbocycles. The van der Waals surface area contributed by atoms with Crippen LogP contribution in [0.15, 0.2) is 30.3 Å². The van der Waals surface area contributed by atoms with Gasteiger partial charge in [-0.3, -0.25) is 0 Å². The summed E-state index contributed by atoms with van der Waals surface area (Å²) in [4.78, 5) is 14.2. The number of hydrogen-bond donors (Lipinski definition) is 2. The number of amides is 2. The fourth-order valence-corrected chi connectivity index (χ4v) is 3.21. The van der Waals surface area contributed by atoms with Gasteiger partial charge in [-0.1, -0.05) is 30.3 Å². The lowest BCUT2D eigenvalue weighted by Crippen LogP contribution is -2.47. The number of nitrogens with one attached hydrogen (secondary N) is 2. The average Bonchev–Trinajstić information content (AvgIpc) is 2.64. The van der Waals surface area contributed by atoms with Gasteiger partial charge in [0.1, 0.15) is 0 Å². The second kappa shape index (κ2) is 5.21. The molecule has 4 nitrogen and oxygen atoms in total. The van der Waals surface area contributed by atoms with Crippen LogP contribution in [0.4, 0.5) is 4.79 Å². The Balaban J connectivity index is 1.81. The van der Waals surface area contributed by atoms with Crippen LogP contribution >= 0.6 is 0 Å². The van der Waals surface area contributed by atoms with Gasteiger partial charge in [0.05, 0.1) is 5.54 Å². The summed E-state index contributed by atoms with van der Waals surface area (Å²) in [5, 5.41) is 6.47. The molecule has 2 aliphatic rings. The zero-order chi connectivity index (χ0) is 13.1. The Hall–Kier alpha value is -1.55. The van der Waals surface area contributed by atoms with Gasteiger partial charge in [-0.15, -0.1) is 0 Å². The van der Waals surface area contributed by atoms with Crippen molar-refractivity contribution < 1.29 is 4.79 Å². The number of urea groups is 1. The maximum Gasteiger partial charge on any atom is 0.318 e. The van der Waals surface area contributed by atoms with Crippen molar-refractivity contribution in [2.24, 2.45) is 0 Å². The highest BCUT2D eigenvalue weighted by Gasteiger charge is 2.44. The van der Waals surface area contributed by atoms with Crippen molar-refractivity contribution in [3.05, 3.63) is 35.9 Å². The highest BCUT2D eigenvalue weighted by Crippen LogP contribution is 2.32. The van der Waals surface area contributed by atoms with Crippen molar-refractivity contribution in [1.29, 1.82) is 0 Å². The van der Waals surface area contributed by atoms with Crippen LogP contribution in [0, 0.1) is 0 Å². The number of rotatable bonds is 2. The zero-order valence-corrected chi connectivity index (χ0v) is 11.2. The van der Waals surface area contributed by atoms with E-state index in [9.17, 15) is 4.79 Å². The van der Waals surface area contributed by atoms with Crippen molar-refractivity contribution in [1.82, 2.24) is 15.5 Å². The van der Waals surface area contributed by atoms with E-state index in [1.54, 1.807) is 0 Å². The molecule has 4 heteroatoms. The molecule has 1 aromatic rings. The number of carbonyl (C=O) groups excluding carboxylic acids is 1. The average molecular weight is 259 g/mol. The molecule has 2 heterocycles. The summed E-state index contributed by atoms with van der Waals surface area (Å²) in [6.07, 6.45) is 3.27. The minimum absolute atomic E-state index is 0.0103. The molecule has 2 aliphatic heterocycles. The van der Waals surface area contributed by atoms with Crippen molar-refractivity contribution in [3.63, 3.8) is 0 Å². The van der Waals surface area contributed by atoms with E-state index < -0.39 is 0 Å². The summed E-state index contributed by atoms with van der Waals surface area (Å²) in [6.45, 7) is 3.57. The molecule has 2 amide bonds. The maximum absolute atomic E-state index is 12.2. The van der Waals surface area contributed by atoms with Gasteiger partial charge in [-0.05, 0) is 37.9 Å². The van der Waals surface area contributed by atoms with E-state index in [2.05, 4.69) is 27.7 Å². The Morgan fingerprint density at radius 1 is 1.16 bits per heavy atom. The predicted octanol–water partition coefficient (Wildman–Crippen LogP) is 1.72. The van der Waals surface area contributed by atoms with E-state index in [4.69, 9.17) is 0 Å². The molecule has 0 bridgehead atoms. The topological polar surface area (TPSA) is 44.4 Å². The highest BCUT2D eigenvalue weighted by molar-refractivity contribution is 5.78. The van der Waals surface area contributed by atoms with E-state index in [0.29, 0.717) is 6.54 Å². The van der Waals surface area contributed by atoms with Gasteiger partial charge in [0.2, 0.25) is 0 Å². The van der Waals surface area contributed by atoms with Gasteiger partial charge in [0.25, 0.3) is 0 Å². The summed E-state index contributed by atoms with van der Waals surface area (Å²) >= 11 is 0. The van der Waals surface area contributed by atoms with Crippen LogP contribution in [-0.4, -0.2) is 36.1 Å². The van der Waals surface area contributed by atoms with Crippen LogP contribution in [0.1, 0.15) is 24.8 Å². The van der Waals surface area contributed by atoms with Crippen molar-refractivity contribution >= 4 is 6.03 Å². The number of hydrogen-bond acceptors (Lipinski definition) is 2. The first-order chi connectivity index (χ1) is 9.30. The smallest absolute Gasteiger partial charge is 0.318 e. The first kappa shape index (κ1) is 12.5. The van der Waals surface area contributed by atoms with Crippen LogP contribution in [0.2, 0.25) is 0 Å². The Morgan fingerprint density at radius 3 is 2.84 bits per heavy atom. The largest absolute Gasteiger partial charge is 0.336 e. The number of benzene rings is 1. The molecule has 0 aromatic heterocycles. The molecule has 1 unspecified atom stereocenters. The van der Waals surface area contributed by atoms with Gasteiger partial charge < -0.3 is 15.5 Å². The lowest BCUT2D eigenvalue weighted by molar-refractivity contribution is 0.138. The number of nitrogens with zero attached hydrogens (tertiary/aromatic N) is 1. The lowest BCUT2D eigenvalue weighted by Gasteiger charge is -2.36. The maximum atomic E-state index is 12.2. The molecule has 1 atom stereocenters. The van der Waals surface area contributed by atoms with E-state index >= 15 is 0 Å². The molecule has 1 spiro atoms. The second-order valence-corrected chi connectivity index (χ2v) is 5.56. The Bertz CT molecular complexity index is 438. The molecule has 2 fully saturated rings. The van der Waals surface area contributed by atoms with E-state index in [-0.39, 0.29) is 11.6 Å². The minimum Gasteiger partial charge on any atom is -0.336 e. The fraction of sp³-hybridized carbons (Fsp3) is 0.533. The standard InChI is InChI=1S/C15H21N3O/c19-14-17-12-15(7-4-9-16-10-8-15)18(14)11-13-5-2-1-3-6-13/h1-3,5-6,16H,4,7-12H2,(H,17,19). The highest BCUT2D eigenvalue weighted by atomic mass is 16.2. The summed E-state index contributed by atoms with van der Waals surface area (Å²) in [5.74, 6) is 0. The third-order valence-electron chi connectivity index (χ3n) is 4.33. The van der Waals surface area contributed by atoms with Gasteiger partial charge in [-0.2, -0.15) is 0 Å². The molecule has 3 rings (SSSR count). The van der Waals surface area contributed by atoms with Crippen molar-refractivity contribution in [2.75, 3.05) is 19.6 Å². The van der Waals surface area contributed by atoms with Gasteiger partial charge in [0.15, 0.2) is 0 Å². The Kier molecular flexibility index (Phi) is 3.42. The quantitative estimate of drug-likeness (QED) is 0.849. The van der Waals surface area contributed by atoms with Crippen molar-refractivity contribution in [2.45, 2.75) is 31.3 Å². The Morgan fingerprint density at radius 2 is 2.00 bits per heavy atom. The summed E-state index contributed by atoms with van der Waals surface area (Å²) < 4.78 is 0. The molecule has 0 aliphatic carbocycles. The van der Waals surface area contributed by atoms with Gasteiger partial charge in [-0.25, -0.2) is 4.79 Å². The third kappa shape index (κ3) is 2.45. The second-order valence-electron chi connectivity index (χ2n) is 5.56. The molecule has 2 N–H and O–H groups in total. The molecule has 102 valence electrons.